The van der Waals surface area contributed by atoms with E-state index in [0.717, 1.165) is 14.6 Å². The summed E-state index contributed by atoms with van der Waals surface area (Å²) in [4.78, 5) is 11.9. The largest absolute Gasteiger partial charge is 0.362 e. The van der Waals surface area contributed by atoms with Crippen molar-refractivity contribution in [2.75, 3.05) is 5.32 Å². The monoisotopic (exact) mass is 379 g/mol. The zero-order chi connectivity index (χ0) is 13.7. The fourth-order valence-electron chi connectivity index (χ4n) is 1.47. The van der Waals surface area contributed by atoms with Crippen LogP contribution in [0.1, 0.15) is 10.4 Å². The molecule has 2 aromatic carbocycles. The Kier molecular flexibility index (Phi) is 4.93. The Morgan fingerprint density at radius 1 is 0.895 bits per heavy atom. The van der Waals surface area contributed by atoms with Gasteiger partial charge in [-0.1, -0.05) is 31.9 Å². The molecule has 0 saturated heterocycles. The van der Waals surface area contributed by atoms with E-state index in [-0.39, 0.29) is 5.78 Å². The molecular weight excluding hydrogens is 370 g/mol. The van der Waals surface area contributed by atoms with Crippen molar-refractivity contribution < 1.29 is 4.79 Å². The normalized spacial score (nSPS) is 10.6. The molecule has 0 saturated carbocycles. The summed E-state index contributed by atoms with van der Waals surface area (Å²) in [5.41, 5.74) is 1.60. The minimum Gasteiger partial charge on any atom is -0.362 e. The molecule has 0 aliphatic rings. The van der Waals surface area contributed by atoms with E-state index in [4.69, 9.17) is 0 Å². The fraction of sp³-hybridized carbons (Fsp3) is 0. The highest BCUT2D eigenvalue weighted by molar-refractivity contribution is 9.10. The maximum atomic E-state index is 11.9. The second kappa shape index (κ2) is 6.68. The molecule has 2 aromatic rings. The van der Waals surface area contributed by atoms with Gasteiger partial charge in [-0.15, -0.1) is 0 Å². The van der Waals surface area contributed by atoms with E-state index < -0.39 is 0 Å². The molecule has 0 fully saturated rings. The summed E-state index contributed by atoms with van der Waals surface area (Å²) in [6.45, 7) is 0. The molecule has 2 nitrogen and oxygen atoms in total. The number of halogens is 2. The van der Waals surface area contributed by atoms with Crippen LogP contribution in [0.4, 0.5) is 5.69 Å². The Hall–Kier alpha value is -1.39. The number of carbonyl (C=O) groups is 1. The molecule has 0 radical (unpaired) electrons. The van der Waals surface area contributed by atoms with E-state index in [1.165, 1.54) is 6.08 Å². The molecule has 0 spiro atoms. The SMILES string of the molecule is O=C(C=CNc1ccc(Br)cc1)c1ccc(Br)cc1. The topological polar surface area (TPSA) is 29.1 Å². The van der Waals surface area contributed by atoms with Gasteiger partial charge in [0.15, 0.2) is 5.78 Å². The van der Waals surface area contributed by atoms with Crippen LogP contribution in [0.25, 0.3) is 0 Å². The molecule has 4 heteroatoms. The fourth-order valence-corrected chi connectivity index (χ4v) is 2.00. The van der Waals surface area contributed by atoms with Crippen LogP contribution in [0, 0.1) is 0 Å². The van der Waals surface area contributed by atoms with Gasteiger partial charge in [-0.3, -0.25) is 4.79 Å². The quantitative estimate of drug-likeness (QED) is 0.595. The zero-order valence-electron chi connectivity index (χ0n) is 9.94. The van der Waals surface area contributed by atoms with Gasteiger partial charge >= 0.3 is 0 Å². The molecule has 0 aliphatic heterocycles. The highest BCUT2D eigenvalue weighted by Gasteiger charge is 2.00. The molecule has 2 rings (SSSR count). The number of allylic oxidation sites excluding steroid dienone is 1. The average molecular weight is 381 g/mol. The molecule has 0 atom stereocenters. The van der Waals surface area contributed by atoms with Crippen molar-refractivity contribution in [1.82, 2.24) is 0 Å². The number of carbonyl (C=O) groups excluding carboxylic acids is 1. The molecule has 19 heavy (non-hydrogen) atoms. The summed E-state index contributed by atoms with van der Waals surface area (Å²) in [7, 11) is 0. The first-order valence-electron chi connectivity index (χ1n) is 5.64. The van der Waals surface area contributed by atoms with E-state index in [9.17, 15) is 4.79 Å². The van der Waals surface area contributed by atoms with Gasteiger partial charge in [0.1, 0.15) is 0 Å². The number of hydrogen-bond donors (Lipinski definition) is 1. The lowest BCUT2D eigenvalue weighted by Gasteiger charge is -2.00. The maximum Gasteiger partial charge on any atom is 0.187 e. The molecular formula is C15H11Br2NO. The van der Waals surface area contributed by atoms with Crippen molar-refractivity contribution in [3.05, 3.63) is 75.3 Å². The van der Waals surface area contributed by atoms with Crippen LogP contribution < -0.4 is 5.32 Å². The van der Waals surface area contributed by atoms with Crippen LogP contribution in [-0.4, -0.2) is 5.78 Å². The van der Waals surface area contributed by atoms with Crippen molar-refractivity contribution in [2.45, 2.75) is 0 Å². The smallest absolute Gasteiger partial charge is 0.187 e. The highest BCUT2D eigenvalue weighted by atomic mass is 79.9. The molecule has 96 valence electrons. The third kappa shape index (κ3) is 4.33. The van der Waals surface area contributed by atoms with Crippen LogP contribution in [0.15, 0.2) is 69.8 Å². The summed E-state index contributed by atoms with van der Waals surface area (Å²) in [6, 6.07) is 15.0. The lowest BCUT2D eigenvalue weighted by molar-refractivity contribution is 0.104. The van der Waals surface area contributed by atoms with Crippen molar-refractivity contribution >= 4 is 43.3 Å². The third-order valence-electron chi connectivity index (χ3n) is 2.46. The Morgan fingerprint density at radius 3 is 2.00 bits per heavy atom. The molecule has 0 unspecified atom stereocenters. The predicted molar refractivity (Wildman–Crippen MR) is 85.4 cm³/mol. The van der Waals surface area contributed by atoms with Gasteiger partial charge in [0.05, 0.1) is 0 Å². The zero-order valence-corrected chi connectivity index (χ0v) is 13.1. The standard InChI is InChI=1S/C15H11Br2NO/c16-12-3-1-11(2-4-12)15(19)9-10-18-14-7-5-13(17)6-8-14/h1-10,18H. The molecule has 0 aromatic heterocycles. The van der Waals surface area contributed by atoms with Gasteiger partial charge in [-0.25, -0.2) is 0 Å². The number of benzene rings is 2. The van der Waals surface area contributed by atoms with Gasteiger partial charge in [0, 0.05) is 32.5 Å². The van der Waals surface area contributed by atoms with E-state index in [2.05, 4.69) is 37.2 Å². The van der Waals surface area contributed by atoms with Gasteiger partial charge < -0.3 is 5.32 Å². The number of ketones is 1. The highest BCUT2D eigenvalue weighted by Crippen LogP contribution is 2.14. The van der Waals surface area contributed by atoms with E-state index >= 15 is 0 Å². The number of anilines is 1. The Labute approximate surface area is 128 Å². The summed E-state index contributed by atoms with van der Waals surface area (Å²) in [5.74, 6) is -0.0305. The first kappa shape index (κ1) is 14.0. The summed E-state index contributed by atoms with van der Waals surface area (Å²) in [5, 5.41) is 3.05. The summed E-state index contributed by atoms with van der Waals surface area (Å²) in [6.07, 6.45) is 3.17. The summed E-state index contributed by atoms with van der Waals surface area (Å²) >= 11 is 6.71. The Balaban J connectivity index is 1.97. The second-order valence-electron chi connectivity index (χ2n) is 3.86. The molecule has 1 N–H and O–H groups in total. The first-order chi connectivity index (χ1) is 9.15. The van der Waals surface area contributed by atoms with Crippen LogP contribution in [0.2, 0.25) is 0 Å². The lowest BCUT2D eigenvalue weighted by Crippen LogP contribution is -1.95. The van der Waals surface area contributed by atoms with E-state index in [1.807, 2.05) is 36.4 Å². The second-order valence-corrected chi connectivity index (χ2v) is 5.69. The minimum atomic E-state index is -0.0305. The molecule has 0 heterocycles. The van der Waals surface area contributed by atoms with Crippen molar-refractivity contribution in [3.8, 4) is 0 Å². The van der Waals surface area contributed by atoms with Crippen molar-refractivity contribution in [1.29, 1.82) is 0 Å². The van der Waals surface area contributed by atoms with Gasteiger partial charge in [-0.05, 0) is 48.5 Å². The third-order valence-corrected chi connectivity index (χ3v) is 3.52. The average Bonchev–Trinajstić information content (AvgIpc) is 2.41. The van der Waals surface area contributed by atoms with Crippen LogP contribution in [-0.2, 0) is 0 Å². The van der Waals surface area contributed by atoms with Gasteiger partial charge in [0.25, 0.3) is 0 Å². The van der Waals surface area contributed by atoms with Crippen LogP contribution in [0.5, 0.6) is 0 Å². The van der Waals surface area contributed by atoms with Gasteiger partial charge in [0.2, 0.25) is 0 Å². The summed E-state index contributed by atoms with van der Waals surface area (Å²) < 4.78 is 1.98. The first-order valence-corrected chi connectivity index (χ1v) is 7.22. The van der Waals surface area contributed by atoms with E-state index in [1.54, 1.807) is 18.3 Å². The van der Waals surface area contributed by atoms with Crippen molar-refractivity contribution in [3.63, 3.8) is 0 Å². The number of rotatable bonds is 4. The maximum absolute atomic E-state index is 11.9. The van der Waals surface area contributed by atoms with E-state index in [0.29, 0.717) is 5.56 Å². The number of nitrogens with one attached hydrogen (secondary N) is 1. The Bertz CT molecular complexity index is 589. The Morgan fingerprint density at radius 2 is 1.42 bits per heavy atom. The molecule has 0 bridgehead atoms. The predicted octanol–water partition coefficient (Wildman–Crippen LogP) is 5.02. The number of hydrogen-bond acceptors (Lipinski definition) is 2. The van der Waals surface area contributed by atoms with Gasteiger partial charge in [-0.2, -0.15) is 0 Å². The minimum absolute atomic E-state index is 0.0305. The molecule has 0 aliphatic carbocycles. The lowest BCUT2D eigenvalue weighted by atomic mass is 10.1. The van der Waals surface area contributed by atoms with Crippen LogP contribution >= 0.6 is 31.9 Å². The molecule has 0 amide bonds. The van der Waals surface area contributed by atoms with Crippen LogP contribution in [0.3, 0.4) is 0 Å². The van der Waals surface area contributed by atoms with Crippen molar-refractivity contribution in [2.24, 2.45) is 0 Å².